The van der Waals surface area contributed by atoms with Gasteiger partial charge in [0.15, 0.2) is 0 Å². The fraction of sp³-hybridized carbons (Fsp3) is 0.531. The largest absolute Gasteiger partial charge is 0.394 e. The van der Waals surface area contributed by atoms with Crippen LogP contribution in [-0.2, 0) is 0 Å². The molecule has 0 spiro atoms. The topological polar surface area (TPSA) is 101 Å². The number of likely N-dealkylation sites (tertiary alicyclic amines) is 1. The van der Waals surface area contributed by atoms with E-state index >= 15 is 0 Å². The van der Waals surface area contributed by atoms with Crippen LogP contribution in [0, 0.1) is 0 Å². The Balaban J connectivity index is 1.08. The molecule has 0 amide bonds. The Morgan fingerprint density at radius 3 is 2.37 bits per heavy atom. The Bertz CT molecular complexity index is 1480. The lowest BCUT2D eigenvalue weighted by atomic mass is 9.95. The van der Waals surface area contributed by atoms with Gasteiger partial charge >= 0.3 is 0 Å². The van der Waals surface area contributed by atoms with Crippen LogP contribution in [0.4, 0.5) is 22.9 Å². The summed E-state index contributed by atoms with van der Waals surface area (Å²) in [6.45, 7) is 6.84. The first-order chi connectivity index (χ1) is 20.9. The number of hydrogen-bond acceptors (Lipinski definition) is 9. The van der Waals surface area contributed by atoms with E-state index < -0.39 is 10.9 Å². The van der Waals surface area contributed by atoms with Gasteiger partial charge in [0.2, 0.25) is 0 Å². The predicted octanol–water partition coefficient (Wildman–Crippen LogP) is 4.79. The Morgan fingerprint density at radius 1 is 1.00 bits per heavy atom. The Kier molecular flexibility index (Phi) is 9.26. The monoisotopic (exact) mass is 626 g/mol. The van der Waals surface area contributed by atoms with Crippen LogP contribution in [0.15, 0.2) is 46.1 Å². The average molecular weight is 628 g/mol. The molecule has 1 aromatic heterocycles. The highest BCUT2D eigenvalue weighted by Crippen LogP contribution is 2.34. The number of nitrogens with one attached hydrogen (secondary N) is 2. The second-order valence-corrected chi connectivity index (χ2v) is 13.0. The van der Waals surface area contributed by atoms with E-state index in [0.29, 0.717) is 39.2 Å². The lowest BCUT2D eigenvalue weighted by molar-refractivity contribution is 0.0343. The molecule has 43 heavy (non-hydrogen) atoms. The van der Waals surface area contributed by atoms with Crippen molar-refractivity contribution in [1.82, 2.24) is 14.8 Å². The molecular formula is C32H40Cl2N6O3. The van der Waals surface area contributed by atoms with Crippen molar-refractivity contribution in [2.45, 2.75) is 69.6 Å². The molecule has 3 aliphatic rings. The summed E-state index contributed by atoms with van der Waals surface area (Å²) in [4.78, 5) is 36.3. The summed E-state index contributed by atoms with van der Waals surface area (Å²) in [6, 6.07) is 10.8. The number of aliphatic hydroxyl groups excluding tert-OH is 1. The highest BCUT2D eigenvalue weighted by Gasteiger charge is 2.36. The first kappa shape index (κ1) is 30.3. The molecule has 6 rings (SSSR count). The maximum Gasteiger partial charge on any atom is 0.253 e. The predicted molar refractivity (Wildman–Crippen MR) is 174 cm³/mol. The molecule has 230 valence electrons. The third-order valence-corrected chi connectivity index (χ3v) is 9.74. The van der Waals surface area contributed by atoms with Gasteiger partial charge in [-0.2, -0.15) is 0 Å². The molecule has 0 unspecified atom stereocenters. The molecule has 0 radical (unpaired) electrons. The Morgan fingerprint density at radius 2 is 1.72 bits per heavy atom. The maximum absolute atomic E-state index is 12.2. The number of halogens is 2. The molecule has 3 N–H and O–H groups in total. The standard InChI is InChI=1S/C32H40Cl2N6O3/c1-2-3-25-18-39(32-26(34)16-23(17-35-32)37-29-28(30(42)31(29)43)36-22-8-9-22)14-15-40(25)24-10-12-38(13-11-24)27(19-41)20-4-6-21(33)7-5-20/h4-7,16-17,22,24-25,27,36-37,41H,2-3,8-15,18-19H2,1H3/t25-,27+/m0/s1. The number of hydrogen-bond donors (Lipinski definition) is 3. The average Bonchev–Trinajstić information content (AvgIpc) is 3.85. The number of rotatable bonds is 11. The van der Waals surface area contributed by atoms with Crippen molar-refractivity contribution < 1.29 is 5.11 Å². The summed E-state index contributed by atoms with van der Waals surface area (Å²) < 4.78 is 0. The Labute approximate surface area is 262 Å². The number of aliphatic hydroxyl groups is 1. The molecule has 1 aliphatic carbocycles. The van der Waals surface area contributed by atoms with Gasteiger partial charge in [0.25, 0.3) is 10.9 Å². The van der Waals surface area contributed by atoms with Gasteiger partial charge < -0.3 is 20.6 Å². The quantitative estimate of drug-likeness (QED) is 0.259. The lowest BCUT2D eigenvalue weighted by Crippen LogP contribution is -2.58. The lowest BCUT2D eigenvalue weighted by Gasteiger charge is -2.48. The van der Waals surface area contributed by atoms with E-state index in [0.717, 1.165) is 82.6 Å². The van der Waals surface area contributed by atoms with E-state index in [4.69, 9.17) is 28.2 Å². The third kappa shape index (κ3) is 6.56. The number of piperidine rings is 1. The zero-order valence-electron chi connectivity index (χ0n) is 24.6. The highest BCUT2D eigenvalue weighted by molar-refractivity contribution is 6.33. The van der Waals surface area contributed by atoms with Crippen LogP contribution in [-0.4, -0.2) is 77.3 Å². The van der Waals surface area contributed by atoms with Crippen LogP contribution >= 0.6 is 23.2 Å². The first-order valence-corrected chi connectivity index (χ1v) is 16.2. The fourth-order valence-corrected chi connectivity index (χ4v) is 7.15. The van der Waals surface area contributed by atoms with Gasteiger partial charge in [-0.25, -0.2) is 4.98 Å². The SMILES string of the molecule is CCC[C@H]1CN(c2ncc(Nc3c(NC4CC4)c(=O)c3=O)cc2Cl)CCN1C1CCN([C@H](CO)c2ccc(Cl)cc2)CC1. The Hall–Kier alpha value is -2.69. The molecule has 3 heterocycles. The summed E-state index contributed by atoms with van der Waals surface area (Å²) in [5.41, 5.74) is 1.38. The molecule has 9 nitrogen and oxygen atoms in total. The van der Waals surface area contributed by atoms with Crippen molar-refractivity contribution in [3.8, 4) is 0 Å². The second-order valence-electron chi connectivity index (χ2n) is 12.1. The van der Waals surface area contributed by atoms with Crippen LogP contribution in [0.1, 0.15) is 57.1 Å². The highest BCUT2D eigenvalue weighted by atomic mass is 35.5. The van der Waals surface area contributed by atoms with Crippen molar-refractivity contribution in [3.63, 3.8) is 0 Å². The molecule has 3 aromatic rings. The molecule has 11 heteroatoms. The van der Waals surface area contributed by atoms with Crippen LogP contribution in [0.3, 0.4) is 0 Å². The van der Waals surface area contributed by atoms with Gasteiger partial charge in [-0.1, -0.05) is 48.7 Å². The summed E-state index contributed by atoms with van der Waals surface area (Å²) in [5.74, 6) is 0.748. The number of aromatic nitrogens is 1. The van der Waals surface area contributed by atoms with Gasteiger partial charge in [-0.15, -0.1) is 0 Å². The molecule has 2 aliphatic heterocycles. The van der Waals surface area contributed by atoms with Crippen LogP contribution in [0.5, 0.6) is 0 Å². The van der Waals surface area contributed by atoms with Gasteiger partial charge in [-0.3, -0.25) is 19.4 Å². The molecule has 1 saturated carbocycles. The van der Waals surface area contributed by atoms with Crippen molar-refractivity contribution in [3.05, 3.63) is 72.6 Å². The van der Waals surface area contributed by atoms with Crippen LogP contribution in [0.25, 0.3) is 0 Å². The minimum Gasteiger partial charge on any atom is -0.394 e. The van der Waals surface area contributed by atoms with Crippen LogP contribution in [0.2, 0.25) is 10.0 Å². The van der Waals surface area contributed by atoms with E-state index in [1.807, 2.05) is 24.3 Å². The van der Waals surface area contributed by atoms with Crippen molar-refractivity contribution in [2.24, 2.45) is 0 Å². The minimum absolute atomic E-state index is 0.00702. The number of pyridine rings is 1. The summed E-state index contributed by atoms with van der Waals surface area (Å²) in [5, 5.41) is 17.6. The van der Waals surface area contributed by atoms with E-state index in [1.54, 1.807) is 12.3 Å². The first-order valence-electron chi connectivity index (χ1n) is 15.5. The number of benzene rings is 1. The summed E-state index contributed by atoms with van der Waals surface area (Å²) in [6.07, 6.45) is 8.05. The van der Waals surface area contributed by atoms with Crippen molar-refractivity contribution in [1.29, 1.82) is 0 Å². The number of piperazine rings is 1. The fourth-order valence-electron chi connectivity index (χ4n) is 6.73. The second kappa shape index (κ2) is 13.1. The van der Waals surface area contributed by atoms with Gasteiger partial charge in [0, 0.05) is 55.9 Å². The van der Waals surface area contributed by atoms with Crippen molar-refractivity contribution in [2.75, 3.05) is 54.9 Å². The molecule has 2 atom stereocenters. The molecule has 3 fully saturated rings. The van der Waals surface area contributed by atoms with Gasteiger partial charge in [-0.05, 0) is 55.9 Å². The smallest absolute Gasteiger partial charge is 0.253 e. The zero-order chi connectivity index (χ0) is 30.1. The molecular weight excluding hydrogens is 587 g/mol. The molecule has 2 saturated heterocycles. The van der Waals surface area contributed by atoms with E-state index in [1.165, 1.54) is 0 Å². The normalized spacial score (nSPS) is 21.3. The van der Waals surface area contributed by atoms with Gasteiger partial charge in [0.05, 0.1) is 29.6 Å². The van der Waals surface area contributed by atoms with Crippen molar-refractivity contribution >= 4 is 46.1 Å². The summed E-state index contributed by atoms with van der Waals surface area (Å²) in [7, 11) is 0. The van der Waals surface area contributed by atoms with Crippen LogP contribution < -0.4 is 26.4 Å². The van der Waals surface area contributed by atoms with Gasteiger partial charge in [0.1, 0.15) is 17.2 Å². The zero-order valence-corrected chi connectivity index (χ0v) is 26.1. The molecule has 2 aromatic carbocycles. The maximum atomic E-state index is 12.2. The number of anilines is 4. The summed E-state index contributed by atoms with van der Waals surface area (Å²) >= 11 is 12.8. The minimum atomic E-state index is -0.510. The van der Waals surface area contributed by atoms with E-state index in [2.05, 4.69) is 32.3 Å². The van der Waals surface area contributed by atoms with E-state index in [9.17, 15) is 14.7 Å². The van der Waals surface area contributed by atoms with E-state index in [-0.39, 0.29) is 18.7 Å². The third-order valence-electron chi connectivity index (χ3n) is 9.21. The molecule has 0 bridgehead atoms. The number of nitrogens with zero attached hydrogens (tertiary/aromatic N) is 4.